The Morgan fingerprint density at radius 3 is 2.74 bits per heavy atom. The minimum atomic E-state index is 0.202. The quantitative estimate of drug-likeness (QED) is 0.416. The van der Waals surface area contributed by atoms with Gasteiger partial charge in [0.2, 0.25) is 0 Å². The van der Waals surface area contributed by atoms with Gasteiger partial charge in [-0.25, -0.2) is 19.6 Å². The second-order valence-electron chi connectivity index (χ2n) is 7.96. The molecule has 3 aromatic heterocycles. The molecule has 0 spiro atoms. The maximum absolute atomic E-state index is 5.95. The van der Waals surface area contributed by atoms with E-state index >= 15 is 0 Å². The molecule has 0 amide bonds. The first kappa shape index (κ1) is 19.7. The van der Waals surface area contributed by atoms with Crippen LogP contribution in [0.2, 0.25) is 5.15 Å². The van der Waals surface area contributed by atoms with Crippen LogP contribution in [0.4, 0.5) is 0 Å². The summed E-state index contributed by atoms with van der Waals surface area (Å²) in [5.74, 6) is 1.93. The van der Waals surface area contributed by atoms with E-state index in [-0.39, 0.29) is 5.92 Å². The molecule has 7 heteroatoms. The topological polar surface area (TPSA) is 61.4 Å². The van der Waals surface area contributed by atoms with Crippen molar-refractivity contribution in [3.05, 3.63) is 88.2 Å². The van der Waals surface area contributed by atoms with E-state index in [2.05, 4.69) is 45.7 Å². The molecule has 0 bridgehead atoms. The lowest BCUT2D eigenvalue weighted by atomic mass is 9.92. The van der Waals surface area contributed by atoms with Crippen molar-refractivity contribution in [1.29, 1.82) is 0 Å². The van der Waals surface area contributed by atoms with Gasteiger partial charge in [-0.05, 0) is 67.7 Å². The van der Waals surface area contributed by atoms with Crippen molar-refractivity contribution in [3.8, 4) is 5.69 Å². The molecule has 1 aliphatic rings. The third-order valence-corrected chi connectivity index (χ3v) is 5.90. The third-order valence-electron chi connectivity index (χ3n) is 5.68. The van der Waals surface area contributed by atoms with E-state index in [0.717, 1.165) is 53.5 Å². The van der Waals surface area contributed by atoms with Crippen LogP contribution in [0.5, 0.6) is 0 Å². The fourth-order valence-corrected chi connectivity index (χ4v) is 4.26. The number of hydrogen-bond donors (Lipinski definition) is 0. The summed E-state index contributed by atoms with van der Waals surface area (Å²) < 4.78 is 4.08. The number of aryl methyl sites for hydroxylation is 3. The zero-order valence-corrected chi connectivity index (χ0v) is 18.3. The number of pyridine rings is 1. The SMILES string of the molecule is Cc1cn(-c2ccc(/C=C/c3nc4n(n3)CCC[C@@H]4c3ccc(Cl)nc3)cc2C)cn1. The van der Waals surface area contributed by atoms with E-state index in [1.807, 2.05) is 48.5 Å². The van der Waals surface area contributed by atoms with Crippen molar-refractivity contribution in [2.75, 3.05) is 0 Å². The average molecular weight is 431 g/mol. The van der Waals surface area contributed by atoms with Crippen molar-refractivity contribution >= 4 is 23.8 Å². The normalized spacial score (nSPS) is 16.0. The number of imidazole rings is 1. The maximum atomic E-state index is 5.95. The lowest BCUT2D eigenvalue weighted by Crippen LogP contribution is -2.18. The predicted octanol–water partition coefficient (Wildman–Crippen LogP) is 5.23. The minimum absolute atomic E-state index is 0.202. The van der Waals surface area contributed by atoms with Gasteiger partial charge in [0, 0.05) is 30.5 Å². The van der Waals surface area contributed by atoms with Crippen LogP contribution in [0.25, 0.3) is 17.8 Å². The molecule has 1 atom stereocenters. The van der Waals surface area contributed by atoms with E-state index in [4.69, 9.17) is 21.7 Å². The van der Waals surface area contributed by atoms with E-state index < -0.39 is 0 Å². The fraction of sp³-hybridized carbons (Fsp3) is 0.250. The molecule has 0 fully saturated rings. The van der Waals surface area contributed by atoms with Crippen LogP contribution in [0.3, 0.4) is 0 Å². The predicted molar refractivity (Wildman–Crippen MR) is 122 cm³/mol. The number of rotatable bonds is 4. The first-order valence-corrected chi connectivity index (χ1v) is 10.8. The Morgan fingerprint density at radius 1 is 1.10 bits per heavy atom. The summed E-state index contributed by atoms with van der Waals surface area (Å²) in [5.41, 5.74) is 5.57. The summed E-state index contributed by atoms with van der Waals surface area (Å²) in [5, 5.41) is 5.22. The summed E-state index contributed by atoms with van der Waals surface area (Å²) >= 11 is 5.95. The van der Waals surface area contributed by atoms with E-state index in [9.17, 15) is 0 Å². The van der Waals surface area contributed by atoms with Crippen LogP contribution in [0, 0.1) is 13.8 Å². The summed E-state index contributed by atoms with van der Waals surface area (Å²) in [7, 11) is 0. The number of benzene rings is 1. The Morgan fingerprint density at radius 2 is 2.00 bits per heavy atom. The number of nitrogens with zero attached hydrogens (tertiary/aromatic N) is 6. The number of fused-ring (bicyclic) bond motifs is 1. The Balaban J connectivity index is 1.38. The molecule has 0 aliphatic carbocycles. The van der Waals surface area contributed by atoms with Crippen LogP contribution in [0.15, 0.2) is 49.1 Å². The molecule has 0 unspecified atom stereocenters. The second-order valence-corrected chi connectivity index (χ2v) is 8.35. The summed E-state index contributed by atoms with van der Waals surface area (Å²) in [6, 6.07) is 10.3. The molecule has 1 aliphatic heterocycles. The monoisotopic (exact) mass is 430 g/mol. The highest BCUT2D eigenvalue weighted by Crippen LogP contribution is 2.32. The van der Waals surface area contributed by atoms with E-state index in [0.29, 0.717) is 5.15 Å². The van der Waals surface area contributed by atoms with Gasteiger partial charge in [0.1, 0.15) is 11.0 Å². The van der Waals surface area contributed by atoms with Crippen LogP contribution in [-0.4, -0.2) is 29.3 Å². The van der Waals surface area contributed by atoms with Gasteiger partial charge in [-0.2, -0.15) is 5.10 Å². The van der Waals surface area contributed by atoms with Crippen LogP contribution in [-0.2, 0) is 6.54 Å². The minimum Gasteiger partial charge on any atom is -0.306 e. The van der Waals surface area contributed by atoms with Gasteiger partial charge in [0.05, 0.1) is 12.0 Å². The van der Waals surface area contributed by atoms with Crippen molar-refractivity contribution in [2.45, 2.75) is 39.2 Å². The molecule has 0 radical (unpaired) electrons. The zero-order valence-electron chi connectivity index (χ0n) is 17.5. The molecule has 31 heavy (non-hydrogen) atoms. The van der Waals surface area contributed by atoms with Crippen molar-refractivity contribution in [2.24, 2.45) is 0 Å². The van der Waals surface area contributed by atoms with Crippen LogP contribution in [0.1, 0.15) is 52.8 Å². The number of hydrogen-bond acceptors (Lipinski definition) is 4. The first-order chi connectivity index (χ1) is 15.1. The van der Waals surface area contributed by atoms with E-state index in [1.54, 1.807) is 0 Å². The van der Waals surface area contributed by atoms with Crippen molar-refractivity contribution in [3.63, 3.8) is 0 Å². The molecule has 0 N–H and O–H groups in total. The van der Waals surface area contributed by atoms with Gasteiger partial charge < -0.3 is 4.57 Å². The Kier molecular flexibility index (Phi) is 5.16. The Bertz CT molecular complexity index is 1250. The molecular weight excluding hydrogens is 408 g/mol. The Hall–Kier alpha value is -3.25. The second kappa shape index (κ2) is 8.12. The van der Waals surface area contributed by atoms with Gasteiger partial charge in [-0.3, -0.25) is 0 Å². The maximum Gasteiger partial charge on any atom is 0.174 e. The summed E-state index contributed by atoms with van der Waals surface area (Å²) in [6.45, 7) is 5.00. The fourth-order valence-electron chi connectivity index (χ4n) is 4.14. The van der Waals surface area contributed by atoms with Gasteiger partial charge in [-0.1, -0.05) is 29.8 Å². The third kappa shape index (κ3) is 4.03. The molecule has 6 nitrogen and oxygen atoms in total. The lowest BCUT2D eigenvalue weighted by Gasteiger charge is -2.22. The number of halogens is 1. The zero-order chi connectivity index (χ0) is 21.4. The molecule has 0 saturated heterocycles. The molecular formula is C24H23ClN6. The first-order valence-electron chi connectivity index (χ1n) is 10.4. The number of aromatic nitrogens is 6. The van der Waals surface area contributed by atoms with Gasteiger partial charge in [0.25, 0.3) is 0 Å². The van der Waals surface area contributed by atoms with E-state index in [1.165, 1.54) is 5.56 Å². The standard InChI is InChI=1S/C24H23ClN6/c1-16-12-18(5-8-21(16)30-14-17(2)27-15-30)6-10-23-28-24-20(4-3-11-31(24)29-23)19-7-9-22(25)26-13-19/h5-10,12-15,20H,3-4,11H2,1-2H3/b10-6+/t20-/m1/s1. The summed E-state index contributed by atoms with van der Waals surface area (Å²) in [6.07, 6.45) is 11.9. The molecule has 156 valence electrons. The van der Waals surface area contributed by atoms with Crippen molar-refractivity contribution in [1.82, 2.24) is 29.3 Å². The van der Waals surface area contributed by atoms with Crippen LogP contribution < -0.4 is 0 Å². The van der Waals surface area contributed by atoms with Gasteiger partial charge >= 0.3 is 0 Å². The summed E-state index contributed by atoms with van der Waals surface area (Å²) in [4.78, 5) is 13.4. The molecule has 4 aromatic rings. The highest BCUT2D eigenvalue weighted by atomic mass is 35.5. The largest absolute Gasteiger partial charge is 0.306 e. The Labute approximate surface area is 186 Å². The molecule has 5 rings (SSSR count). The highest BCUT2D eigenvalue weighted by molar-refractivity contribution is 6.29. The van der Waals surface area contributed by atoms with Gasteiger partial charge in [0.15, 0.2) is 5.82 Å². The lowest BCUT2D eigenvalue weighted by molar-refractivity contribution is 0.445. The van der Waals surface area contributed by atoms with Gasteiger partial charge in [-0.15, -0.1) is 0 Å². The highest BCUT2D eigenvalue weighted by Gasteiger charge is 2.25. The molecule has 1 aromatic carbocycles. The molecule has 0 saturated carbocycles. The molecule has 4 heterocycles. The van der Waals surface area contributed by atoms with Crippen LogP contribution >= 0.6 is 11.6 Å². The smallest absolute Gasteiger partial charge is 0.174 e. The van der Waals surface area contributed by atoms with Crippen molar-refractivity contribution < 1.29 is 0 Å². The average Bonchev–Trinajstić information content (AvgIpc) is 3.38.